The number of thiocarbonyl (C=S) groups is 1. The number of carbonyl (C=O) groups excluding carboxylic acids is 1. The third kappa shape index (κ3) is 5.25. The summed E-state index contributed by atoms with van der Waals surface area (Å²) in [5.41, 5.74) is -0.118. The van der Waals surface area contributed by atoms with Gasteiger partial charge in [-0.1, -0.05) is 30.9 Å². The molecule has 0 bridgehead atoms. The number of nitrogens with zero attached hydrogens (tertiary/aromatic N) is 1. The number of carbonyl (C=O) groups is 1. The van der Waals surface area contributed by atoms with E-state index in [4.69, 9.17) is 12.2 Å². The lowest BCUT2D eigenvalue weighted by Crippen LogP contribution is -2.44. The van der Waals surface area contributed by atoms with Crippen LogP contribution in [0.1, 0.15) is 40.0 Å². The van der Waals surface area contributed by atoms with Crippen LogP contribution in [0, 0.1) is 0 Å². The van der Waals surface area contributed by atoms with Crippen molar-refractivity contribution in [3.05, 3.63) is 0 Å². The third-order valence-corrected chi connectivity index (χ3v) is 4.58. The third-order valence-electron chi connectivity index (χ3n) is 3.05. The molecule has 1 aliphatic rings. The van der Waals surface area contributed by atoms with Crippen LogP contribution in [0.3, 0.4) is 0 Å². The van der Waals surface area contributed by atoms with Crippen molar-refractivity contribution in [2.75, 3.05) is 18.8 Å². The molecule has 5 heteroatoms. The Hall–Kier alpha value is -0.290. The molecule has 1 N–H and O–H groups in total. The standard InChI is InChI=1S/C12H22N2OS2/c1-4-12(2,3)13-10(15)9-17-11(16)14-7-5-6-8-14/h4-9H2,1-3H3,(H,13,15). The van der Waals surface area contributed by atoms with Gasteiger partial charge in [0.25, 0.3) is 0 Å². The maximum atomic E-state index is 11.7. The Morgan fingerprint density at radius 3 is 2.53 bits per heavy atom. The van der Waals surface area contributed by atoms with E-state index >= 15 is 0 Å². The van der Waals surface area contributed by atoms with Crippen LogP contribution in [0.4, 0.5) is 0 Å². The van der Waals surface area contributed by atoms with Crippen molar-refractivity contribution in [1.82, 2.24) is 10.2 Å². The summed E-state index contributed by atoms with van der Waals surface area (Å²) in [7, 11) is 0. The SMILES string of the molecule is CCC(C)(C)NC(=O)CSC(=S)N1CCCC1. The molecule has 0 aliphatic carbocycles. The number of likely N-dealkylation sites (tertiary alicyclic amines) is 1. The van der Waals surface area contributed by atoms with E-state index in [1.54, 1.807) is 0 Å². The molecule has 0 aromatic heterocycles. The summed E-state index contributed by atoms with van der Waals surface area (Å²) in [6.45, 7) is 8.24. The van der Waals surface area contributed by atoms with E-state index < -0.39 is 0 Å². The molecule has 0 atom stereocenters. The highest BCUT2D eigenvalue weighted by atomic mass is 32.2. The molecule has 0 radical (unpaired) electrons. The van der Waals surface area contributed by atoms with Gasteiger partial charge in [-0.3, -0.25) is 4.79 Å². The van der Waals surface area contributed by atoms with Crippen LogP contribution in [0.2, 0.25) is 0 Å². The van der Waals surface area contributed by atoms with Gasteiger partial charge in [-0.05, 0) is 33.1 Å². The lowest BCUT2D eigenvalue weighted by atomic mass is 10.0. The number of rotatable bonds is 4. The topological polar surface area (TPSA) is 32.3 Å². The van der Waals surface area contributed by atoms with Crippen LogP contribution in [-0.2, 0) is 4.79 Å². The first-order valence-corrected chi connectivity index (χ1v) is 7.57. The summed E-state index contributed by atoms with van der Waals surface area (Å²) < 4.78 is 0.868. The Morgan fingerprint density at radius 2 is 2.00 bits per heavy atom. The zero-order valence-corrected chi connectivity index (χ0v) is 12.5. The summed E-state index contributed by atoms with van der Waals surface area (Å²) in [5, 5.41) is 3.01. The van der Waals surface area contributed by atoms with Crippen molar-refractivity contribution in [3.63, 3.8) is 0 Å². The Labute approximate surface area is 114 Å². The number of hydrogen-bond donors (Lipinski definition) is 1. The molecule has 0 aromatic rings. The molecule has 3 nitrogen and oxygen atoms in total. The van der Waals surface area contributed by atoms with Crippen LogP contribution in [0.15, 0.2) is 0 Å². The first-order chi connectivity index (χ1) is 7.94. The minimum Gasteiger partial charge on any atom is -0.358 e. The van der Waals surface area contributed by atoms with Crippen molar-refractivity contribution in [2.24, 2.45) is 0 Å². The maximum Gasteiger partial charge on any atom is 0.230 e. The molecule has 0 saturated carbocycles. The van der Waals surface area contributed by atoms with Gasteiger partial charge in [0.05, 0.1) is 5.75 Å². The van der Waals surface area contributed by atoms with Crippen molar-refractivity contribution < 1.29 is 4.79 Å². The largest absolute Gasteiger partial charge is 0.358 e. The van der Waals surface area contributed by atoms with E-state index in [-0.39, 0.29) is 11.4 Å². The molecule has 1 heterocycles. The second-order valence-corrected chi connectivity index (χ2v) is 6.64. The van der Waals surface area contributed by atoms with E-state index in [0.29, 0.717) is 5.75 Å². The van der Waals surface area contributed by atoms with Crippen LogP contribution >= 0.6 is 24.0 Å². The van der Waals surface area contributed by atoms with Gasteiger partial charge in [0.1, 0.15) is 4.32 Å². The molecular weight excluding hydrogens is 252 g/mol. The van der Waals surface area contributed by atoms with E-state index in [1.807, 2.05) is 13.8 Å². The fourth-order valence-electron chi connectivity index (χ4n) is 1.62. The van der Waals surface area contributed by atoms with Gasteiger partial charge in [0.15, 0.2) is 0 Å². The molecule has 0 spiro atoms. The van der Waals surface area contributed by atoms with Gasteiger partial charge >= 0.3 is 0 Å². The molecule has 0 unspecified atom stereocenters. The Kier molecular flexibility index (Phi) is 5.73. The fraction of sp³-hybridized carbons (Fsp3) is 0.833. The summed E-state index contributed by atoms with van der Waals surface area (Å²) in [4.78, 5) is 13.9. The predicted molar refractivity (Wildman–Crippen MR) is 78.4 cm³/mol. The first-order valence-electron chi connectivity index (χ1n) is 6.17. The zero-order chi connectivity index (χ0) is 12.9. The Morgan fingerprint density at radius 1 is 1.41 bits per heavy atom. The Bertz CT molecular complexity index is 286. The molecule has 1 aliphatic heterocycles. The van der Waals surface area contributed by atoms with Crippen LogP contribution < -0.4 is 5.32 Å². The zero-order valence-electron chi connectivity index (χ0n) is 10.9. The summed E-state index contributed by atoms with van der Waals surface area (Å²) >= 11 is 6.79. The lowest BCUT2D eigenvalue weighted by Gasteiger charge is -2.24. The number of thioether (sulfide) groups is 1. The summed E-state index contributed by atoms with van der Waals surface area (Å²) in [6.07, 6.45) is 3.37. The lowest BCUT2D eigenvalue weighted by molar-refractivity contribution is -0.120. The molecule has 1 amide bonds. The predicted octanol–water partition coefficient (Wildman–Crippen LogP) is 2.41. The van der Waals surface area contributed by atoms with Gasteiger partial charge in [-0.15, -0.1) is 0 Å². The first kappa shape index (κ1) is 14.8. The van der Waals surface area contributed by atoms with E-state index in [2.05, 4.69) is 17.1 Å². The highest BCUT2D eigenvalue weighted by Gasteiger charge is 2.20. The normalized spacial score (nSPS) is 16.1. The second-order valence-electron chi connectivity index (χ2n) is 5.03. The molecule has 1 fully saturated rings. The summed E-state index contributed by atoms with van der Waals surface area (Å²) in [6, 6.07) is 0. The van der Waals surface area contributed by atoms with Crippen LogP contribution in [-0.4, -0.2) is 39.5 Å². The van der Waals surface area contributed by atoms with Gasteiger partial charge < -0.3 is 10.2 Å². The Balaban J connectivity index is 2.25. The minimum atomic E-state index is -0.118. The average molecular weight is 274 g/mol. The fourth-order valence-corrected chi connectivity index (χ4v) is 2.67. The van der Waals surface area contributed by atoms with Crippen molar-refractivity contribution in [3.8, 4) is 0 Å². The van der Waals surface area contributed by atoms with Crippen molar-refractivity contribution >= 4 is 34.2 Å². The molecule has 0 aromatic carbocycles. The highest BCUT2D eigenvalue weighted by Crippen LogP contribution is 2.16. The molecule has 17 heavy (non-hydrogen) atoms. The molecule has 1 saturated heterocycles. The van der Waals surface area contributed by atoms with Crippen LogP contribution in [0.25, 0.3) is 0 Å². The van der Waals surface area contributed by atoms with Gasteiger partial charge in [0.2, 0.25) is 5.91 Å². The minimum absolute atomic E-state index is 0.0726. The average Bonchev–Trinajstić information content (AvgIpc) is 2.78. The number of amides is 1. The smallest absolute Gasteiger partial charge is 0.230 e. The molecule has 98 valence electrons. The number of hydrogen-bond acceptors (Lipinski definition) is 3. The maximum absolute atomic E-state index is 11.7. The second kappa shape index (κ2) is 6.59. The van der Waals surface area contributed by atoms with Crippen molar-refractivity contribution in [1.29, 1.82) is 0 Å². The van der Waals surface area contributed by atoms with Gasteiger partial charge in [-0.25, -0.2) is 0 Å². The van der Waals surface area contributed by atoms with Crippen molar-refractivity contribution in [2.45, 2.75) is 45.6 Å². The van der Waals surface area contributed by atoms with E-state index in [0.717, 1.165) is 23.8 Å². The van der Waals surface area contributed by atoms with E-state index in [1.165, 1.54) is 24.6 Å². The highest BCUT2D eigenvalue weighted by molar-refractivity contribution is 8.23. The molecular formula is C12H22N2OS2. The number of nitrogens with one attached hydrogen (secondary N) is 1. The van der Waals surface area contributed by atoms with Crippen LogP contribution in [0.5, 0.6) is 0 Å². The summed E-state index contributed by atoms with van der Waals surface area (Å²) in [5.74, 6) is 0.502. The van der Waals surface area contributed by atoms with E-state index in [9.17, 15) is 4.79 Å². The monoisotopic (exact) mass is 274 g/mol. The van der Waals surface area contributed by atoms with Gasteiger partial charge in [0, 0.05) is 18.6 Å². The quantitative estimate of drug-likeness (QED) is 0.798. The van der Waals surface area contributed by atoms with Gasteiger partial charge in [-0.2, -0.15) is 0 Å². The molecule has 1 rings (SSSR count).